The number of rotatable bonds is 13. The van der Waals surface area contributed by atoms with Crippen molar-refractivity contribution in [3.05, 3.63) is 23.8 Å². The second-order valence-corrected chi connectivity index (χ2v) is 10.2. The van der Waals surface area contributed by atoms with E-state index in [-0.39, 0.29) is 3.42 Å². The van der Waals surface area contributed by atoms with Gasteiger partial charge >= 0.3 is 0 Å². The zero-order valence-corrected chi connectivity index (χ0v) is 19.9. The Kier molecular flexibility index (Phi) is 11.2. The molecule has 0 aromatic heterocycles. The third-order valence-corrected chi connectivity index (χ3v) is 8.26. The summed E-state index contributed by atoms with van der Waals surface area (Å²) >= 11 is 2.74. The first kappa shape index (κ1) is 23.8. The summed E-state index contributed by atoms with van der Waals surface area (Å²) in [5, 5.41) is 0. The Morgan fingerprint density at radius 3 is 2.12 bits per heavy atom. The quantitative estimate of drug-likeness (QED) is 0.0901. The number of unbranched alkanes of at least 4 members (excludes halogenated alkanes) is 6. The van der Waals surface area contributed by atoms with Crippen molar-refractivity contribution < 1.29 is 4.48 Å². The molecule has 1 aliphatic carbocycles. The van der Waals surface area contributed by atoms with Gasteiger partial charge in [0, 0.05) is 0 Å². The van der Waals surface area contributed by atoms with Crippen molar-refractivity contribution in [3.8, 4) is 12.3 Å². The van der Waals surface area contributed by atoms with Crippen molar-refractivity contribution in [2.24, 2.45) is 5.92 Å². The molecule has 2 unspecified atom stereocenters. The maximum atomic E-state index is 5.90. The van der Waals surface area contributed by atoms with E-state index in [1.54, 1.807) is 0 Å². The van der Waals surface area contributed by atoms with Gasteiger partial charge in [-0.2, -0.15) is 0 Å². The van der Waals surface area contributed by atoms with Crippen molar-refractivity contribution in [1.82, 2.24) is 0 Å². The maximum Gasteiger partial charge on any atom is 0.140 e. The third kappa shape index (κ3) is 7.04. The van der Waals surface area contributed by atoms with Crippen LogP contribution < -0.4 is 0 Å². The molecule has 0 aliphatic heterocycles. The van der Waals surface area contributed by atoms with Crippen LogP contribution in [0.3, 0.4) is 0 Å². The number of terminal acetylenes is 1. The van der Waals surface area contributed by atoms with E-state index < -0.39 is 0 Å². The summed E-state index contributed by atoms with van der Waals surface area (Å²) in [6, 6.07) is 0. The largest absolute Gasteiger partial charge is 0.312 e. The Morgan fingerprint density at radius 2 is 1.65 bits per heavy atom. The fourth-order valence-corrected chi connectivity index (χ4v) is 5.31. The first-order chi connectivity index (χ1) is 12.4. The van der Waals surface area contributed by atoms with Gasteiger partial charge in [0.15, 0.2) is 0 Å². The topological polar surface area (TPSA) is 0 Å². The molecule has 0 saturated heterocycles. The number of nitrogens with zero attached hydrogens (tertiary/aromatic N) is 1. The summed E-state index contributed by atoms with van der Waals surface area (Å²) in [5.74, 6) is 3.62. The molecule has 0 aromatic carbocycles. The van der Waals surface area contributed by atoms with Gasteiger partial charge in [0.25, 0.3) is 0 Å². The molecule has 0 saturated carbocycles. The highest BCUT2D eigenvalue weighted by molar-refractivity contribution is 14.1. The van der Waals surface area contributed by atoms with E-state index >= 15 is 0 Å². The van der Waals surface area contributed by atoms with Crippen LogP contribution in [0.4, 0.5) is 0 Å². The molecule has 0 heterocycles. The average molecular weight is 471 g/mol. The van der Waals surface area contributed by atoms with Gasteiger partial charge < -0.3 is 4.48 Å². The van der Waals surface area contributed by atoms with E-state index in [2.05, 4.69) is 74.4 Å². The lowest BCUT2D eigenvalue weighted by Crippen LogP contribution is -2.58. The van der Waals surface area contributed by atoms with E-state index in [0.717, 1.165) is 11.0 Å². The molecule has 26 heavy (non-hydrogen) atoms. The number of hydrogen-bond acceptors (Lipinski definition) is 0. The Hall–Kier alpha value is -0.270. The molecule has 0 amide bonds. The Labute approximate surface area is 177 Å². The van der Waals surface area contributed by atoms with Crippen LogP contribution >= 0.6 is 22.6 Å². The van der Waals surface area contributed by atoms with E-state index in [4.69, 9.17) is 6.42 Å². The predicted octanol–water partition coefficient (Wildman–Crippen LogP) is 6.92. The van der Waals surface area contributed by atoms with E-state index in [9.17, 15) is 0 Å². The second kappa shape index (κ2) is 12.2. The highest BCUT2D eigenvalue weighted by Crippen LogP contribution is 2.41. The van der Waals surface area contributed by atoms with E-state index in [0.29, 0.717) is 5.92 Å². The van der Waals surface area contributed by atoms with Gasteiger partial charge in [0.05, 0.1) is 23.1 Å². The highest BCUT2D eigenvalue weighted by atomic mass is 127. The smallest absolute Gasteiger partial charge is 0.140 e. The summed E-state index contributed by atoms with van der Waals surface area (Å²) in [6.07, 6.45) is 23.4. The fraction of sp³-hybridized carbons (Fsp3) is 0.750. The molecule has 0 N–H and O–H groups in total. The van der Waals surface area contributed by atoms with Crippen LogP contribution in [0, 0.1) is 18.3 Å². The highest BCUT2D eigenvalue weighted by Gasteiger charge is 2.43. The van der Waals surface area contributed by atoms with Crippen LogP contribution in [-0.4, -0.2) is 34.1 Å². The summed E-state index contributed by atoms with van der Waals surface area (Å²) in [4.78, 5) is 0. The maximum absolute atomic E-state index is 5.90. The standard InChI is InChI=1S/C24H41IN/c1-6-9-11-13-19-26(18-8-3,20-14-12-10-7-2)21-24(25)22(4)16-15-17-23(24)5/h3,15-17,22H,6-7,9-14,18-21H2,1-2,4-5H3/q+1. The number of quaternary nitrogens is 1. The zero-order valence-electron chi connectivity index (χ0n) is 17.7. The number of alkyl halides is 1. The van der Waals surface area contributed by atoms with E-state index in [1.165, 1.54) is 76.6 Å². The van der Waals surface area contributed by atoms with Gasteiger partial charge in [-0.25, -0.2) is 0 Å². The summed E-state index contributed by atoms with van der Waals surface area (Å²) < 4.78 is 1.30. The number of allylic oxidation sites excluding steroid dienone is 3. The van der Waals surface area contributed by atoms with Crippen LogP contribution in [0.5, 0.6) is 0 Å². The molecule has 0 radical (unpaired) electrons. The van der Waals surface area contributed by atoms with Crippen molar-refractivity contribution in [2.75, 3.05) is 26.2 Å². The molecule has 0 bridgehead atoms. The number of hydrogen-bond donors (Lipinski definition) is 0. The molecule has 1 nitrogen and oxygen atoms in total. The van der Waals surface area contributed by atoms with Crippen LogP contribution in [0.2, 0.25) is 0 Å². The first-order valence-electron chi connectivity index (χ1n) is 10.8. The lowest BCUT2D eigenvalue weighted by atomic mass is 9.82. The molecule has 1 rings (SSSR count). The molecular weight excluding hydrogens is 429 g/mol. The molecule has 2 atom stereocenters. The van der Waals surface area contributed by atoms with Crippen LogP contribution in [0.1, 0.15) is 79.1 Å². The lowest BCUT2D eigenvalue weighted by Gasteiger charge is -2.46. The number of halogens is 1. The van der Waals surface area contributed by atoms with Gasteiger partial charge in [0.1, 0.15) is 6.54 Å². The molecule has 0 aromatic rings. The van der Waals surface area contributed by atoms with Gasteiger partial charge in [-0.15, -0.1) is 6.42 Å². The van der Waals surface area contributed by atoms with Crippen LogP contribution in [0.25, 0.3) is 0 Å². The van der Waals surface area contributed by atoms with Crippen molar-refractivity contribution in [2.45, 2.75) is 82.5 Å². The Bertz CT molecular complexity index is 487. The summed E-state index contributed by atoms with van der Waals surface area (Å²) in [5.41, 5.74) is 1.51. The van der Waals surface area contributed by atoms with Crippen molar-refractivity contribution in [3.63, 3.8) is 0 Å². The molecule has 148 valence electrons. The molecule has 1 aliphatic rings. The normalized spacial score (nSPS) is 22.9. The average Bonchev–Trinajstić information content (AvgIpc) is 2.61. The van der Waals surface area contributed by atoms with Gasteiger partial charge in [0.2, 0.25) is 0 Å². The van der Waals surface area contributed by atoms with Gasteiger partial charge in [-0.3, -0.25) is 0 Å². The minimum absolute atomic E-state index is 0.193. The van der Waals surface area contributed by atoms with Crippen molar-refractivity contribution >= 4 is 22.6 Å². The van der Waals surface area contributed by atoms with E-state index in [1.807, 2.05) is 0 Å². The van der Waals surface area contributed by atoms with Crippen LogP contribution in [-0.2, 0) is 0 Å². The monoisotopic (exact) mass is 470 g/mol. The fourth-order valence-electron chi connectivity index (χ4n) is 4.20. The van der Waals surface area contributed by atoms with Crippen LogP contribution in [0.15, 0.2) is 23.8 Å². The third-order valence-electron chi connectivity index (χ3n) is 6.09. The minimum Gasteiger partial charge on any atom is -0.312 e. The second-order valence-electron chi connectivity index (χ2n) is 8.32. The lowest BCUT2D eigenvalue weighted by molar-refractivity contribution is -0.923. The van der Waals surface area contributed by atoms with Crippen molar-refractivity contribution in [1.29, 1.82) is 0 Å². The van der Waals surface area contributed by atoms with Gasteiger partial charge in [-0.1, -0.05) is 92.8 Å². The predicted molar refractivity (Wildman–Crippen MR) is 126 cm³/mol. The summed E-state index contributed by atoms with van der Waals surface area (Å²) in [6.45, 7) is 13.8. The van der Waals surface area contributed by atoms with Gasteiger partial charge in [-0.05, 0) is 44.4 Å². The minimum atomic E-state index is 0.193. The molecule has 0 fully saturated rings. The first-order valence-corrected chi connectivity index (χ1v) is 11.8. The molecule has 0 spiro atoms. The molecular formula is C24H41IN+. The Morgan fingerprint density at radius 1 is 1.08 bits per heavy atom. The zero-order chi connectivity index (χ0) is 19.5. The Balaban J connectivity index is 2.96. The summed E-state index contributed by atoms with van der Waals surface area (Å²) in [7, 11) is 0. The molecule has 2 heteroatoms. The SMILES string of the molecule is C#CC[N+](CCCCCC)(CCCCCC)CC1(I)C(C)=CC=CC1C.